The molecular weight excluding hydrogens is 353 g/mol. The molecule has 0 fully saturated rings. The first-order valence-corrected chi connectivity index (χ1v) is 8.97. The Morgan fingerprint density at radius 2 is 1.80 bits per heavy atom. The van der Waals surface area contributed by atoms with Gasteiger partial charge in [0.25, 0.3) is 0 Å². The molecule has 0 aliphatic rings. The number of rotatable bonds is 5. The number of benzene rings is 2. The van der Waals surface area contributed by atoms with Crippen molar-refractivity contribution in [1.82, 2.24) is 14.0 Å². The van der Waals surface area contributed by atoms with Gasteiger partial charge < -0.3 is 4.57 Å². The Balaban J connectivity index is 0.00000182. The molecule has 2 heterocycles. The Morgan fingerprint density at radius 1 is 1.04 bits per heavy atom. The third-order valence-corrected chi connectivity index (χ3v) is 4.80. The van der Waals surface area contributed by atoms with E-state index in [2.05, 4.69) is 64.6 Å². The second kappa shape index (κ2) is 7.51. The molecule has 2 aromatic heterocycles. The van der Waals surface area contributed by atoms with Gasteiger partial charge in [-0.3, -0.25) is 4.40 Å². The van der Waals surface area contributed by atoms with Crippen LogP contribution < -0.4 is 0 Å². The van der Waals surface area contributed by atoms with Crippen molar-refractivity contribution >= 4 is 40.8 Å². The van der Waals surface area contributed by atoms with Crippen molar-refractivity contribution in [3.63, 3.8) is 0 Å². The molecule has 0 radical (unpaired) electrons. The van der Waals surface area contributed by atoms with E-state index >= 15 is 0 Å². The predicted molar refractivity (Wildman–Crippen MR) is 108 cm³/mol. The quantitative estimate of drug-likeness (QED) is 0.419. The first-order chi connectivity index (χ1) is 11.8. The van der Waals surface area contributed by atoms with Gasteiger partial charge in [0.1, 0.15) is 0 Å². The molecule has 0 saturated heterocycles. The Bertz CT molecular complexity index is 983. The van der Waals surface area contributed by atoms with Crippen molar-refractivity contribution in [1.29, 1.82) is 0 Å². The molecule has 0 unspecified atom stereocenters. The molecular formula is C20H21Cl2N3. The molecule has 0 aliphatic heterocycles. The first-order valence-electron chi connectivity index (χ1n) is 8.43. The zero-order chi connectivity index (χ0) is 16.5. The Hall–Kier alpha value is -1.97. The summed E-state index contributed by atoms with van der Waals surface area (Å²) in [6, 6.07) is 17.1. The molecule has 0 atom stereocenters. The maximum Gasteiger partial charge on any atom is 0.215 e. The number of aromatic nitrogens is 3. The maximum atomic E-state index is 5.95. The SMILES string of the molecule is CCc1ccc(-c2cn3c4ccccc4nc3n2CCCCl)cc1.Cl. The summed E-state index contributed by atoms with van der Waals surface area (Å²) in [6.07, 6.45) is 4.18. The fourth-order valence-electron chi connectivity index (χ4n) is 3.23. The van der Waals surface area contributed by atoms with Gasteiger partial charge in [-0.05, 0) is 36.1 Å². The summed E-state index contributed by atoms with van der Waals surface area (Å²) >= 11 is 5.95. The number of alkyl halides is 1. The van der Waals surface area contributed by atoms with Gasteiger partial charge >= 0.3 is 0 Å². The molecule has 3 nitrogen and oxygen atoms in total. The number of fused-ring (bicyclic) bond motifs is 3. The van der Waals surface area contributed by atoms with Crippen molar-refractivity contribution < 1.29 is 0 Å². The molecule has 0 saturated carbocycles. The van der Waals surface area contributed by atoms with E-state index in [1.165, 1.54) is 16.8 Å². The van der Waals surface area contributed by atoms with Gasteiger partial charge in [-0.1, -0.05) is 43.3 Å². The minimum absolute atomic E-state index is 0. The second-order valence-electron chi connectivity index (χ2n) is 6.03. The molecule has 130 valence electrons. The van der Waals surface area contributed by atoms with E-state index in [1.807, 2.05) is 6.07 Å². The molecule has 0 bridgehead atoms. The van der Waals surface area contributed by atoms with Crippen LogP contribution in [0.4, 0.5) is 0 Å². The average Bonchev–Trinajstić information content (AvgIpc) is 3.16. The van der Waals surface area contributed by atoms with E-state index in [0.29, 0.717) is 5.88 Å². The van der Waals surface area contributed by atoms with Crippen molar-refractivity contribution in [2.24, 2.45) is 0 Å². The normalized spacial score (nSPS) is 11.1. The minimum Gasteiger partial charge on any atom is -0.310 e. The summed E-state index contributed by atoms with van der Waals surface area (Å²) in [4.78, 5) is 4.83. The van der Waals surface area contributed by atoms with Crippen LogP contribution in [0.25, 0.3) is 28.1 Å². The fraction of sp³-hybridized carbons (Fsp3) is 0.250. The van der Waals surface area contributed by atoms with Crippen LogP contribution in [0.1, 0.15) is 18.9 Å². The lowest BCUT2D eigenvalue weighted by Gasteiger charge is -2.08. The van der Waals surface area contributed by atoms with Crippen molar-refractivity contribution in [2.45, 2.75) is 26.3 Å². The molecule has 5 heteroatoms. The zero-order valence-electron chi connectivity index (χ0n) is 14.2. The van der Waals surface area contributed by atoms with Crippen LogP contribution in [-0.4, -0.2) is 19.8 Å². The molecule has 4 rings (SSSR count). The van der Waals surface area contributed by atoms with E-state index in [0.717, 1.165) is 36.2 Å². The van der Waals surface area contributed by atoms with Crippen LogP contribution in [-0.2, 0) is 13.0 Å². The van der Waals surface area contributed by atoms with Crippen LogP contribution in [0.15, 0.2) is 54.7 Å². The van der Waals surface area contributed by atoms with Gasteiger partial charge in [-0.2, -0.15) is 0 Å². The number of nitrogens with zero attached hydrogens (tertiary/aromatic N) is 3. The van der Waals surface area contributed by atoms with Gasteiger partial charge in [0.05, 0.1) is 16.7 Å². The Morgan fingerprint density at radius 3 is 2.52 bits per heavy atom. The van der Waals surface area contributed by atoms with E-state index in [1.54, 1.807) is 0 Å². The first kappa shape index (κ1) is 17.8. The third-order valence-electron chi connectivity index (χ3n) is 4.53. The lowest BCUT2D eigenvalue weighted by atomic mass is 10.1. The van der Waals surface area contributed by atoms with E-state index in [-0.39, 0.29) is 12.4 Å². The smallest absolute Gasteiger partial charge is 0.215 e. The summed E-state index contributed by atoms with van der Waals surface area (Å²) in [5.74, 6) is 1.63. The second-order valence-corrected chi connectivity index (χ2v) is 6.41. The van der Waals surface area contributed by atoms with E-state index < -0.39 is 0 Å². The van der Waals surface area contributed by atoms with Crippen LogP contribution in [0, 0.1) is 0 Å². The Labute approximate surface area is 158 Å². The maximum absolute atomic E-state index is 5.95. The number of aryl methyl sites for hydroxylation is 2. The predicted octanol–water partition coefficient (Wildman–Crippen LogP) is 5.57. The van der Waals surface area contributed by atoms with Gasteiger partial charge in [0.15, 0.2) is 0 Å². The number of hydrogen-bond acceptors (Lipinski definition) is 1. The summed E-state index contributed by atoms with van der Waals surface area (Å²) in [7, 11) is 0. The van der Waals surface area contributed by atoms with E-state index in [4.69, 9.17) is 16.6 Å². The van der Waals surface area contributed by atoms with Crippen LogP contribution in [0.2, 0.25) is 0 Å². The standard InChI is InChI=1S/C20H20ClN3.ClH/c1-2-15-8-10-16(11-9-15)19-14-24-18-7-4-3-6-17(18)22-20(24)23(19)13-5-12-21;/h3-4,6-11,14H,2,5,12-13H2,1H3;1H. The summed E-state index contributed by atoms with van der Waals surface area (Å²) < 4.78 is 4.47. The highest BCUT2D eigenvalue weighted by molar-refractivity contribution is 6.17. The fourth-order valence-corrected chi connectivity index (χ4v) is 3.35. The molecule has 0 N–H and O–H groups in total. The topological polar surface area (TPSA) is 22.2 Å². The van der Waals surface area contributed by atoms with Crippen molar-refractivity contribution in [3.8, 4) is 11.3 Å². The van der Waals surface area contributed by atoms with Crippen molar-refractivity contribution in [2.75, 3.05) is 5.88 Å². The van der Waals surface area contributed by atoms with Gasteiger partial charge in [0, 0.05) is 18.6 Å². The van der Waals surface area contributed by atoms with Gasteiger partial charge in [0.2, 0.25) is 5.78 Å². The van der Waals surface area contributed by atoms with Gasteiger partial charge in [-0.15, -0.1) is 24.0 Å². The Kier molecular flexibility index (Phi) is 5.36. The molecule has 0 amide bonds. The number of para-hydroxylation sites is 2. The molecule has 4 aromatic rings. The number of hydrogen-bond donors (Lipinski definition) is 0. The highest BCUT2D eigenvalue weighted by Crippen LogP contribution is 2.27. The lowest BCUT2D eigenvalue weighted by molar-refractivity contribution is 0.704. The van der Waals surface area contributed by atoms with Crippen LogP contribution >= 0.6 is 24.0 Å². The summed E-state index contributed by atoms with van der Waals surface area (Å²) in [5, 5.41) is 0. The number of halogens is 2. The van der Waals surface area contributed by atoms with Crippen LogP contribution in [0.3, 0.4) is 0 Å². The summed E-state index contributed by atoms with van der Waals surface area (Å²) in [5.41, 5.74) is 5.93. The average molecular weight is 374 g/mol. The molecule has 25 heavy (non-hydrogen) atoms. The lowest BCUT2D eigenvalue weighted by Crippen LogP contribution is -2.01. The van der Waals surface area contributed by atoms with Crippen molar-refractivity contribution in [3.05, 3.63) is 60.3 Å². The largest absolute Gasteiger partial charge is 0.310 e. The molecule has 0 spiro atoms. The number of imidazole rings is 2. The minimum atomic E-state index is 0. The highest BCUT2D eigenvalue weighted by Gasteiger charge is 2.15. The molecule has 2 aromatic carbocycles. The summed E-state index contributed by atoms with van der Waals surface area (Å²) in [6.45, 7) is 3.05. The zero-order valence-corrected chi connectivity index (χ0v) is 15.7. The molecule has 0 aliphatic carbocycles. The monoisotopic (exact) mass is 373 g/mol. The van der Waals surface area contributed by atoms with Crippen LogP contribution in [0.5, 0.6) is 0 Å². The third kappa shape index (κ3) is 3.14. The van der Waals surface area contributed by atoms with E-state index in [9.17, 15) is 0 Å². The van der Waals surface area contributed by atoms with Gasteiger partial charge in [-0.25, -0.2) is 4.98 Å². The highest BCUT2D eigenvalue weighted by atomic mass is 35.5.